The Morgan fingerprint density at radius 3 is 2.28 bits per heavy atom. The summed E-state index contributed by atoms with van der Waals surface area (Å²) in [5, 5.41) is 2.56. The molecule has 0 spiro atoms. The van der Waals surface area contributed by atoms with Gasteiger partial charge in [-0.3, -0.25) is 0 Å². The average Bonchev–Trinajstić information content (AvgIpc) is 2.36. The van der Waals surface area contributed by atoms with E-state index in [0.29, 0.717) is 0 Å². The van der Waals surface area contributed by atoms with Crippen molar-refractivity contribution in [3.05, 3.63) is 41.0 Å². The topological polar surface area (TPSA) is 9.23 Å². The van der Waals surface area contributed by atoms with Gasteiger partial charge in [0.2, 0.25) is 0 Å². The molecule has 0 saturated carbocycles. The summed E-state index contributed by atoms with van der Waals surface area (Å²) in [4.78, 5) is 0. The van der Waals surface area contributed by atoms with Gasteiger partial charge in [0.1, 0.15) is 5.75 Å². The van der Waals surface area contributed by atoms with Crippen LogP contribution in [0, 0.1) is 20.8 Å². The molecule has 0 aliphatic carbocycles. The Labute approximate surface area is 110 Å². The lowest BCUT2D eigenvalue weighted by Crippen LogP contribution is -1.99. The first-order valence-electron chi connectivity index (χ1n) is 6.77. The molecule has 1 heteroatoms. The van der Waals surface area contributed by atoms with Gasteiger partial charge in [0.05, 0.1) is 6.61 Å². The summed E-state index contributed by atoms with van der Waals surface area (Å²) in [5.41, 5.74) is 3.92. The van der Waals surface area contributed by atoms with Crippen LogP contribution in [0.4, 0.5) is 0 Å². The van der Waals surface area contributed by atoms with Crippen LogP contribution in [0.5, 0.6) is 5.75 Å². The third kappa shape index (κ3) is 2.35. The van der Waals surface area contributed by atoms with Crippen LogP contribution < -0.4 is 4.74 Å². The summed E-state index contributed by atoms with van der Waals surface area (Å²) in [6, 6.07) is 8.74. The van der Waals surface area contributed by atoms with Crippen LogP contribution in [0.15, 0.2) is 24.3 Å². The molecule has 0 unspecified atom stereocenters. The quantitative estimate of drug-likeness (QED) is 0.690. The Morgan fingerprint density at radius 2 is 1.56 bits per heavy atom. The van der Waals surface area contributed by atoms with Gasteiger partial charge in [0.25, 0.3) is 0 Å². The molecule has 0 amide bonds. The maximum atomic E-state index is 5.99. The number of hydrogen-bond acceptors (Lipinski definition) is 1. The Hall–Kier alpha value is -1.50. The molecule has 0 aliphatic heterocycles. The number of fused-ring (bicyclic) bond motifs is 1. The van der Waals surface area contributed by atoms with E-state index in [1.807, 2.05) is 0 Å². The fraction of sp³-hybridized carbons (Fsp3) is 0.412. The maximum Gasteiger partial charge on any atom is 0.130 e. The zero-order valence-corrected chi connectivity index (χ0v) is 11.8. The summed E-state index contributed by atoms with van der Waals surface area (Å²) in [5.74, 6) is 1.06. The highest BCUT2D eigenvalue weighted by molar-refractivity contribution is 5.92. The summed E-state index contributed by atoms with van der Waals surface area (Å²) >= 11 is 0. The van der Waals surface area contributed by atoms with E-state index in [-0.39, 0.29) is 0 Å². The molecule has 0 aromatic heterocycles. The Morgan fingerprint density at radius 1 is 0.889 bits per heavy atom. The van der Waals surface area contributed by atoms with Gasteiger partial charge in [0.15, 0.2) is 0 Å². The molecule has 0 bridgehead atoms. The molecule has 1 nitrogen and oxygen atoms in total. The standard InChI is InChI=1S/C17H22O/c1-5-6-11-18-17-13(3)8-9-15-14(4)12(2)7-10-16(15)17/h7-10H,5-6,11H2,1-4H3. The molecule has 18 heavy (non-hydrogen) atoms. The van der Waals surface area contributed by atoms with Crippen molar-refractivity contribution in [1.29, 1.82) is 0 Å². The molecule has 2 aromatic carbocycles. The maximum absolute atomic E-state index is 5.99. The third-order valence-corrected chi connectivity index (χ3v) is 3.63. The van der Waals surface area contributed by atoms with E-state index in [2.05, 4.69) is 52.0 Å². The molecule has 2 rings (SSSR count). The lowest BCUT2D eigenvalue weighted by molar-refractivity contribution is 0.311. The Bertz CT molecular complexity index is 555. The monoisotopic (exact) mass is 242 g/mol. The molecule has 96 valence electrons. The van der Waals surface area contributed by atoms with Crippen molar-refractivity contribution in [2.24, 2.45) is 0 Å². The van der Waals surface area contributed by atoms with Gasteiger partial charge < -0.3 is 4.74 Å². The zero-order chi connectivity index (χ0) is 13.1. The van der Waals surface area contributed by atoms with Crippen molar-refractivity contribution in [3.8, 4) is 5.75 Å². The second-order valence-electron chi connectivity index (χ2n) is 5.02. The van der Waals surface area contributed by atoms with Gasteiger partial charge in [-0.15, -0.1) is 0 Å². The number of aryl methyl sites for hydroxylation is 3. The summed E-state index contributed by atoms with van der Waals surface area (Å²) < 4.78 is 5.99. The van der Waals surface area contributed by atoms with Gasteiger partial charge in [0, 0.05) is 5.39 Å². The highest BCUT2D eigenvalue weighted by Gasteiger charge is 2.08. The van der Waals surface area contributed by atoms with Crippen LogP contribution in [0.25, 0.3) is 10.8 Å². The van der Waals surface area contributed by atoms with E-state index in [1.165, 1.54) is 33.9 Å². The molecule has 0 saturated heterocycles. The molecule has 0 N–H and O–H groups in total. The third-order valence-electron chi connectivity index (χ3n) is 3.63. The minimum absolute atomic E-state index is 0.809. The fourth-order valence-electron chi connectivity index (χ4n) is 2.26. The van der Waals surface area contributed by atoms with Crippen LogP contribution in [0.2, 0.25) is 0 Å². The number of benzene rings is 2. The molecule has 0 radical (unpaired) electrons. The minimum atomic E-state index is 0.809. The lowest BCUT2D eigenvalue weighted by atomic mass is 9.98. The smallest absolute Gasteiger partial charge is 0.130 e. The first kappa shape index (κ1) is 12.9. The molecular formula is C17H22O. The van der Waals surface area contributed by atoms with Gasteiger partial charge in [-0.2, -0.15) is 0 Å². The summed E-state index contributed by atoms with van der Waals surface area (Å²) in [7, 11) is 0. The van der Waals surface area contributed by atoms with E-state index >= 15 is 0 Å². The van der Waals surface area contributed by atoms with Gasteiger partial charge in [-0.1, -0.05) is 37.6 Å². The van der Waals surface area contributed by atoms with Crippen molar-refractivity contribution >= 4 is 10.8 Å². The van der Waals surface area contributed by atoms with Gasteiger partial charge in [-0.05, 0) is 49.3 Å². The first-order chi connectivity index (χ1) is 8.65. The highest BCUT2D eigenvalue weighted by Crippen LogP contribution is 2.32. The van der Waals surface area contributed by atoms with E-state index in [0.717, 1.165) is 18.8 Å². The normalized spacial score (nSPS) is 10.9. The van der Waals surface area contributed by atoms with Crippen LogP contribution >= 0.6 is 0 Å². The molecule has 0 heterocycles. The molecule has 2 aromatic rings. The minimum Gasteiger partial charge on any atom is -0.493 e. The number of rotatable bonds is 4. The average molecular weight is 242 g/mol. The van der Waals surface area contributed by atoms with E-state index in [9.17, 15) is 0 Å². The molecule has 0 fully saturated rings. The lowest BCUT2D eigenvalue weighted by Gasteiger charge is -2.14. The predicted molar refractivity (Wildman–Crippen MR) is 78.6 cm³/mol. The van der Waals surface area contributed by atoms with Gasteiger partial charge in [-0.25, -0.2) is 0 Å². The molecule has 0 atom stereocenters. The zero-order valence-electron chi connectivity index (χ0n) is 11.8. The summed E-state index contributed by atoms with van der Waals surface area (Å²) in [6.07, 6.45) is 2.28. The van der Waals surface area contributed by atoms with Crippen molar-refractivity contribution < 1.29 is 4.74 Å². The Kier molecular flexibility index (Phi) is 3.90. The molecular weight excluding hydrogens is 220 g/mol. The largest absolute Gasteiger partial charge is 0.493 e. The van der Waals surface area contributed by atoms with Crippen molar-refractivity contribution in [1.82, 2.24) is 0 Å². The Balaban J connectivity index is 2.50. The van der Waals surface area contributed by atoms with Crippen LogP contribution in [0.3, 0.4) is 0 Å². The van der Waals surface area contributed by atoms with Crippen molar-refractivity contribution in [2.75, 3.05) is 6.61 Å². The highest BCUT2D eigenvalue weighted by atomic mass is 16.5. The van der Waals surface area contributed by atoms with Crippen molar-refractivity contribution in [3.63, 3.8) is 0 Å². The first-order valence-corrected chi connectivity index (χ1v) is 6.77. The molecule has 0 aliphatic rings. The van der Waals surface area contributed by atoms with Crippen LogP contribution in [0.1, 0.15) is 36.5 Å². The van der Waals surface area contributed by atoms with E-state index in [4.69, 9.17) is 4.74 Å². The van der Waals surface area contributed by atoms with Crippen molar-refractivity contribution in [2.45, 2.75) is 40.5 Å². The fourth-order valence-corrected chi connectivity index (χ4v) is 2.26. The second kappa shape index (κ2) is 5.43. The van der Waals surface area contributed by atoms with Gasteiger partial charge >= 0.3 is 0 Å². The SMILES string of the molecule is CCCCOc1c(C)ccc2c(C)c(C)ccc12. The van der Waals surface area contributed by atoms with E-state index in [1.54, 1.807) is 0 Å². The van der Waals surface area contributed by atoms with Crippen LogP contribution in [-0.2, 0) is 0 Å². The number of unbranched alkanes of at least 4 members (excludes halogenated alkanes) is 1. The summed E-state index contributed by atoms with van der Waals surface area (Å²) in [6.45, 7) is 9.46. The van der Waals surface area contributed by atoms with E-state index < -0.39 is 0 Å². The van der Waals surface area contributed by atoms with Crippen LogP contribution in [-0.4, -0.2) is 6.61 Å². The second-order valence-corrected chi connectivity index (χ2v) is 5.02. The number of hydrogen-bond donors (Lipinski definition) is 0. The predicted octanol–water partition coefficient (Wildman–Crippen LogP) is 4.94. The number of ether oxygens (including phenoxy) is 1.